The second-order valence-corrected chi connectivity index (χ2v) is 19.3. The molecule has 0 aromatic heterocycles. The van der Waals surface area contributed by atoms with Gasteiger partial charge in [-0.05, 0) is 38.5 Å². The van der Waals surface area contributed by atoms with Gasteiger partial charge in [0.2, 0.25) is 5.91 Å². The molecule has 56 heavy (non-hydrogen) atoms. The molecular formula is C47H96N2O6P+. The molecule has 3 atom stereocenters. The highest BCUT2D eigenvalue weighted by molar-refractivity contribution is 7.47. The smallest absolute Gasteiger partial charge is 0.391 e. The van der Waals surface area contributed by atoms with Crippen LogP contribution in [0.5, 0.6) is 0 Å². The maximum absolute atomic E-state index is 12.9. The van der Waals surface area contributed by atoms with Gasteiger partial charge in [0.05, 0.1) is 39.9 Å². The van der Waals surface area contributed by atoms with Gasteiger partial charge < -0.3 is 19.8 Å². The molecule has 0 heterocycles. The average Bonchev–Trinajstić information content (AvgIpc) is 3.15. The Bertz CT molecular complexity index is 927. The van der Waals surface area contributed by atoms with Gasteiger partial charge in [-0.1, -0.05) is 199 Å². The first kappa shape index (κ1) is 55.2. The molecule has 0 rings (SSSR count). The SMILES string of the molecule is CCCCCCCCC/C=C\CCCCCCCC(=O)NC(COP(=O)(O)OCC[N+](C)(C)C)C(O)CCCCCCCCCCCCCCCCCCCC. The van der Waals surface area contributed by atoms with Gasteiger partial charge in [0.1, 0.15) is 13.2 Å². The lowest BCUT2D eigenvalue weighted by Crippen LogP contribution is -2.46. The number of phosphoric ester groups is 1. The van der Waals surface area contributed by atoms with Crippen molar-refractivity contribution in [2.24, 2.45) is 0 Å². The molecule has 0 fully saturated rings. The van der Waals surface area contributed by atoms with Gasteiger partial charge in [-0.3, -0.25) is 13.8 Å². The number of phosphoric acid groups is 1. The summed E-state index contributed by atoms with van der Waals surface area (Å²) in [5, 5.41) is 14.0. The molecule has 0 saturated heterocycles. The van der Waals surface area contributed by atoms with Crippen LogP contribution in [0.4, 0.5) is 0 Å². The highest BCUT2D eigenvalue weighted by Gasteiger charge is 2.28. The van der Waals surface area contributed by atoms with E-state index in [1.54, 1.807) is 0 Å². The summed E-state index contributed by atoms with van der Waals surface area (Å²) in [5.41, 5.74) is 0. The number of nitrogens with one attached hydrogen (secondary N) is 1. The van der Waals surface area contributed by atoms with Crippen LogP contribution in [-0.4, -0.2) is 73.4 Å². The van der Waals surface area contributed by atoms with Crippen molar-refractivity contribution in [2.75, 3.05) is 40.9 Å². The van der Waals surface area contributed by atoms with E-state index in [1.165, 1.54) is 154 Å². The minimum Gasteiger partial charge on any atom is -0.391 e. The number of quaternary nitrogens is 1. The summed E-state index contributed by atoms with van der Waals surface area (Å²) in [6.07, 6.45) is 45.2. The van der Waals surface area contributed by atoms with E-state index >= 15 is 0 Å². The fraction of sp³-hybridized carbons (Fsp3) is 0.936. The number of likely N-dealkylation sites (N-methyl/N-ethyl adjacent to an activating group) is 1. The molecule has 0 saturated carbocycles. The first-order chi connectivity index (χ1) is 27.0. The summed E-state index contributed by atoms with van der Waals surface area (Å²) in [5.74, 6) is -0.150. The fourth-order valence-corrected chi connectivity index (χ4v) is 7.89. The lowest BCUT2D eigenvalue weighted by atomic mass is 10.0. The van der Waals surface area contributed by atoms with Gasteiger partial charge in [0.15, 0.2) is 0 Å². The second-order valence-electron chi connectivity index (χ2n) is 17.8. The molecule has 9 heteroatoms. The van der Waals surface area contributed by atoms with E-state index in [4.69, 9.17) is 9.05 Å². The maximum Gasteiger partial charge on any atom is 0.472 e. The van der Waals surface area contributed by atoms with Crippen LogP contribution >= 0.6 is 7.82 Å². The monoisotopic (exact) mass is 816 g/mol. The number of allylic oxidation sites excluding steroid dienone is 2. The number of amides is 1. The Morgan fingerprint density at radius 3 is 1.38 bits per heavy atom. The summed E-state index contributed by atoms with van der Waals surface area (Å²) in [6, 6.07) is -0.761. The average molecular weight is 816 g/mol. The molecule has 0 aromatic carbocycles. The zero-order valence-corrected chi connectivity index (χ0v) is 38.8. The van der Waals surface area contributed by atoms with E-state index in [0.29, 0.717) is 23.9 Å². The zero-order valence-electron chi connectivity index (χ0n) is 37.9. The summed E-state index contributed by atoms with van der Waals surface area (Å²) >= 11 is 0. The normalized spacial score (nSPS) is 14.3. The summed E-state index contributed by atoms with van der Waals surface area (Å²) in [7, 11) is 1.62. The first-order valence-electron chi connectivity index (χ1n) is 24.1. The number of hydrogen-bond donors (Lipinski definition) is 3. The number of unbranched alkanes of at least 4 members (excludes halogenated alkanes) is 29. The fourth-order valence-electron chi connectivity index (χ4n) is 7.16. The van der Waals surface area contributed by atoms with E-state index in [1.807, 2.05) is 21.1 Å². The first-order valence-corrected chi connectivity index (χ1v) is 25.5. The van der Waals surface area contributed by atoms with E-state index in [-0.39, 0.29) is 19.1 Å². The highest BCUT2D eigenvalue weighted by Crippen LogP contribution is 2.43. The molecule has 0 radical (unpaired) electrons. The van der Waals surface area contributed by atoms with Gasteiger partial charge in [-0.25, -0.2) is 4.57 Å². The van der Waals surface area contributed by atoms with E-state index in [9.17, 15) is 19.4 Å². The summed E-state index contributed by atoms with van der Waals surface area (Å²) < 4.78 is 23.7. The van der Waals surface area contributed by atoms with E-state index in [2.05, 4.69) is 31.3 Å². The van der Waals surface area contributed by atoms with Crippen LogP contribution in [0, 0.1) is 0 Å². The van der Waals surface area contributed by atoms with Crippen molar-refractivity contribution in [3.63, 3.8) is 0 Å². The minimum atomic E-state index is -4.31. The van der Waals surface area contributed by atoms with Crippen LogP contribution in [0.3, 0.4) is 0 Å². The number of hydrogen-bond acceptors (Lipinski definition) is 5. The van der Waals surface area contributed by atoms with Crippen LogP contribution in [0.2, 0.25) is 0 Å². The van der Waals surface area contributed by atoms with Crippen molar-refractivity contribution in [2.45, 2.75) is 244 Å². The number of carbonyl (C=O) groups excluding carboxylic acids is 1. The van der Waals surface area contributed by atoms with Crippen molar-refractivity contribution in [1.29, 1.82) is 0 Å². The molecule has 0 aliphatic rings. The Morgan fingerprint density at radius 1 is 0.589 bits per heavy atom. The summed E-state index contributed by atoms with van der Waals surface area (Å²) in [4.78, 5) is 23.2. The topological polar surface area (TPSA) is 105 Å². The Labute approximate surface area is 348 Å². The van der Waals surface area contributed by atoms with Crippen LogP contribution in [0.25, 0.3) is 0 Å². The molecule has 334 valence electrons. The predicted octanol–water partition coefficient (Wildman–Crippen LogP) is 13.5. The maximum atomic E-state index is 12.9. The van der Waals surface area contributed by atoms with Crippen LogP contribution in [0.1, 0.15) is 232 Å². The van der Waals surface area contributed by atoms with Gasteiger partial charge in [-0.2, -0.15) is 0 Å². The Hall–Kier alpha value is -0.760. The number of nitrogens with zero attached hydrogens (tertiary/aromatic N) is 1. The minimum absolute atomic E-state index is 0.0751. The molecule has 8 nitrogen and oxygen atoms in total. The van der Waals surface area contributed by atoms with E-state index in [0.717, 1.165) is 51.4 Å². The molecule has 0 spiro atoms. The Balaban J connectivity index is 4.31. The largest absolute Gasteiger partial charge is 0.472 e. The number of aliphatic hydroxyl groups excluding tert-OH is 1. The lowest BCUT2D eigenvalue weighted by molar-refractivity contribution is -0.870. The second kappa shape index (κ2) is 39.7. The number of rotatable bonds is 44. The van der Waals surface area contributed by atoms with Gasteiger partial charge >= 0.3 is 7.82 Å². The van der Waals surface area contributed by atoms with Crippen LogP contribution < -0.4 is 5.32 Å². The molecule has 0 aliphatic carbocycles. The zero-order chi connectivity index (χ0) is 41.4. The lowest BCUT2D eigenvalue weighted by Gasteiger charge is -2.26. The molecule has 0 aromatic rings. The Morgan fingerprint density at radius 2 is 0.964 bits per heavy atom. The van der Waals surface area contributed by atoms with Gasteiger partial charge in [0, 0.05) is 6.42 Å². The van der Waals surface area contributed by atoms with Crippen molar-refractivity contribution >= 4 is 13.7 Å². The summed E-state index contributed by atoms with van der Waals surface area (Å²) in [6.45, 7) is 4.90. The van der Waals surface area contributed by atoms with Gasteiger partial charge in [-0.15, -0.1) is 0 Å². The predicted molar refractivity (Wildman–Crippen MR) is 240 cm³/mol. The van der Waals surface area contributed by atoms with Crippen molar-refractivity contribution in [3.8, 4) is 0 Å². The van der Waals surface area contributed by atoms with Crippen molar-refractivity contribution in [1.82, 2.24) is 5.32 Å². The third kappa shape index (κ3) is 41.4. The van der Waals surface area contributed by atoms with Crippen LogP contribution in [-0.2, 0) is 18.4 Å². The molecule has 3 N–H and O–H groups in total. The van der Waals surface area contributed by atoms with Crippen molar-refractivity contribution in [3.05, 3.63) is 12.2 Å². The number of carbonyl (C=O) groups is 1. The Kier molecular flexibility index (Phi) is 39.1. The molecule has 3 unspecified atom stereocenters. The standard InChI is InChI=1S/C47H95N2O6P/c1-6-8-10-12-14-16-18-20-22-24-25-26-28-30-32-34-36-38-40-46(50)45(44-55-56(52,53)54-43-42-49(3,4)5)48-47(51)41-39-37-35-33-31-29-27-23-21-19-17-15-13-11-9-7-2/h23,27,45-46,50H,6-22,24-26,28-44H2,1-5H3,(H-,48,51,52,53)/p+1/b27-23-. The van der Waals surface area contributed by atoms with Crippen molar-refractivity contribution < 1.29 is 32.9 Å². The van der Waals surface area contributed by atoms with Crippen LogP contribution in [0.15, 0.2) is 12.2 Å². The molecule has 0 aliphatic heterocycles. The molecular weight excluding hydrogens is 719 g/mol. The molecule has 0 bridgehead atoms. The van der Waals surface area contributed by atoms with E-state index < -0.39 is 20.0 Å². The molecule has 1 amide bonds. The number of aliphatic hydroxyl groups is 1. The third-order valence-corrected chi connectivity index (χ3v) is 12.0. The van der Waals surface area contributed by atoms with Gasteiger partial charge in [0.25, 0.3) is 0 Å². The quantitative estimate of drug-likeness (QED) is 0.0245. The third-order valence-electron chi connectivity index (χ3n) is 11.0. The highest BCUT2D eigenvalue weighted by atomic mass is 31.2.